The molecule has 0 radical (unpaired) electrons. The normalized spacial score (nSPS) is 21.1. The second kappa shape index (κ2) is 6.75. The molecule has 1 aliphatic carbocycles. The molecule has 22 heavy (non-hydrogen) atoms. The van der Waals surface area contributed by atoms with Gasteiger partial charge in [0.05, 0.1) is 13.2 Å². The third kappa shape index (κ3) is 3.65. The summed E-state index contributed by atoms with van der Waals surface area (Å²) in [5.74, 6) is 0.321. The van der Waals surface area contributed by atoms with Crippen molar-refractivity contribution in [2.24, 2.45) is 5.92 Å². The molecule has 0 unspecified atom stereocenters. The maximum atomic E-state index is 12.4. The molecule has 1 spiro atoms. The summed E-state index contributed by atoms with van der Waals surface area (Å²) in [6, 6.07) is 3.89. The van der Waals surface area contributed by atoms with Crippen molar-refractivity contribution in [3.63, 3.8) is 0 Å². The van der Waals surface area contributed by atoms with E-state index in [1.54, 1.807) is 11.1 Å². The number of pyridine rings is 1. The number of carbonyl (C=O) groups is 1. The number of aromatic nitrogens is 1. The minimum absolute atomic E-state index is 0.207. The number of nitrogens with zero attached hydrogens (tertiary/aromatic N) is 2. The van der Waals surface area contributed by atoms with Crippen LogP contribution in [0.3, 0.4) is 0 Å². The quantitative estimate of drug-likeness (QED) is 0.857. The molecule has 1 amide bonds. The minimum atomic E-state index is -0.332. The van der Waals surface area contributed by atoms with Gasteiger partial charge < -0.3 is 14.4 Å². The number of rotatable bonds is 4. The maximum absolute atomic E-state index is 12.4. The van der Waals surface area contributed by atoms with E-state index in [2.05, 4.69) is 4.98 Å². The zero-order chi connectivity index (χ0) is 15.4. The summed E-state index contributed by atoms with van der Waals surface area (Å²) < 4.78 is 11.5. The van der Waals surface area contributed by atoms with Gasteiger partial charge in [0, 0.05) is 45.2 Å². The number of hydrogen-bond acceptors (Lipinski definition) is 4. The molecule has 5 nitrogen and oxygen atoms in total. The first-order valence-electron chi connectivity index (χ1n) is 8.08. The average Bonchev–Trinajstić information content (AvgIpc) is 2.99. The van der Waals surface area contributed by atoms with Crippen LogP contribution in [0.4, 0.5) is 0 Å². The number of ether oxygens (including phenoxy) is 2. The third-order valence-corrected chi connectivity index (χ3v) is 4.71. The Morgan fingerprint density at radius 1 is 1.36 bits per heavy atom. The molecule has 2 fully saturated rings. The SMILES string of the molecule is CN(Cc1cccnc1)C(=O)CC1CCC2(CC1)OCCO2. The molecular weight excluding hydrogens is 280 g/mol. The van der Waals surface area contributed by atoms with Crippen molar-refractivity contribution in [2.75, 3.05) is 20.3 Å². The van der Waals surface area contributed by atoms with Crippen LogP contribution in [-0.4, -0.2) is 41.8 Å². The highest BCUT2D eigenvalue weighted by Crippen LogP contribution is 2.39. The molecule has 1 saturated carbocycles. The lowest BCUT2D eigenvalue weighted by molar-refractivity contribution is -0.183. The fourth-order valence-electron chi connectivity index (χ4n) is 3.36. The van der Waals surface area contributed by atoms with Crippen LogP contribution in [0.5, 0.6) is 0 Å². The first-order chi connectivity index (χ1) is 10.7. The third-order valence-electron chi connectivity index (χ3n) is 4.71. The molecule has 0 N–H and O–H groups in total. The van der Waals surface area contributed by atoms with Gasteiger partial charge in [-0.25, -0.2) is 0 Å². The van der Waals surface area contributed by atoms with E-state index >= 15 is 0 Å². The first kappa shape index (κ1) is 15.4. The molecule has 1 aliphatic heterocycles. The molecule has 0 aromatic carbocycles. The van der Waals surface area contributed by atoms with Gasteiger partial charge in [-0.3, -0.25) is 9.78 Å². The Balaban J connectivity index is 1.46. The zero-order valence-electron chi connectivity index (χ0n) is 13.2. The molecule has 1 aromatic heterocycles. The Bertz CT molecular complexity index is 490. The molecule has 3 rings (SSSR count). The molecule has 2 heterocycles. The summed E-state index contributed by atoms with van der Waals surface area (Å²) in [6.45, 7) is 2.03. The number of amides is 1. The molecule has 120 valence electrons. The van der Waals surface area contributed by atoms with E-state index < -0.39 is 0 Å². The predicted octanol–water partition coefficient (Wildman–Crippen LogP) is 2.36. The second-order valence-corrected chi connectivity index (χ2v) is 6.37. The van der Waals surface area contributed by atoms with Crippen LogP contribution in [-0.2, 0) is 20.8 Å². The molecule has 5 heteroatoms. The monoisotopic (exact) mass is 304 g/mol. The Labute approximate surface area is 131 Å². The van der Waals surface area contributed by atoms with Gasteiger partial charge in [-0.15, -0.1) is 0 Å². The maximum Gasteiger partial charge on any atom is 0.222 e. The lowest BCUT2D eigenvalue weighted by Crippen LogP contribution is -2.36. The van der Waals surface area contributed by atoms with Gasteiger partial charge in [-0.05, 0) is 30.4 Å². The van der Waals surface area contributed by atoms with E-state index in [9.17, 15) is 4.79 Å². The smallest absolute Gasteiger partial charge is 0.222 e. The molecule has 0 atom stereocenters. The van der Waals surface area contributed by atoms with Gasteiger partial charge in [0.2, 0.25) is 5.91 Å². The summed E-state index contributed by atoms with van der Waals surface area (Å²) in [7, 11) is 1.86. The summed E-state index contributed by atoms with van der Waals surface area (Å²) in [5, 5.41) is 0. The van der Waals surface area contributed by atoms with Crippen LogP contribution in [0.25, 0.3) is 0 Å². The van der Waals surface area contributed by atoms with Crippen molar-refractivity contribution in [2.45, 2.75) is 44.4 Å². The van der Waals surface area contributed by atoms with E-state index in [4.69, 9.17) is 9.47 Å². The molecule has 1 saturated heterocycles. The van der Waals surface area contributed by atoms with E-state index in [1.807, 2.05) is 25.4 Å². The Morgan fingerprint density at radius 3 is 2.73 bits per heavy atom. The van der Waals surface area contributed by atoms with Gasteiger partial charge in [-0.2, -0.15) is 0 Å². The second-order valence-electron chi connectivity index (χ2n) is 6.37. The van der Waals surface area contributed by atoms with Crippen molar-refractivity contribution in [1.29, 1.82) is 0 Å². The largest absolute Gasteiger partial charge is 0.348 e. The van der Waals surface area contributed by atoms with Gasteiger partial charge >= 0.3 is 0 Å². The van der Waals surface area contributed by atoms with Crippen molar-refractivity contribution in [1.82, 2.24) is 9.88 Å². The van der Waals surface area contributed by atoms with Crippen LogP contribution in [0.15, 0.2) is 24.5 Å². The van der Waals surface area contributed by atoms with Crippen molar-refractivity contribution in [3.05, 3.63) is 30.1 Å². The summed E-state index contributed by atoms with van der Waals surface area (Å²) in [6.07, 6.45) is 8.01. The van der Waals surface area contributed by atoms with Gasteiger partial charge in [0.15, 0.2) is 5.79 Å². The summed E-state index contributed by atoms with van der Waals surface area (Å²) in [4.78, 5) is 18.3. The van der Waals surface area contributed by atoms with Gasteiger partial charge in [0.25, 0.3) is 0 Å². The number of hydrogen-bond donors (Lipinski definition) is 0. The average molecular weight is 304 g/mol. The standard InChI is InChI=1S/C17H24N2O3/c1-19(13-15-3-2-8-18-12-15)16(20)11-14-4-6-17(7-5-14)21-9-10-22-17/h2-3,8,12,14H,4-7,9-11,13H2,1H3. The van der Waals surface area contributed by atoms with E-state index in [-0.39, 0.29) is 11.7 Å². The molecule has 1 aromatic rings. The Kier molecular flexibility index (Phi) is 4.74. The Hall–Kier alpha value is -1.46. The van der Waals surface area contributed by atoms with Crippen LogP contribution in [0.2, 0.25) is 0 Å². The highest BCUT2D eigenvalue weighted by Gasteiger charge is 2.40. The van der Waals surface area contributed by atoms with Crippen molar-refractivity contribution < 1.29 is 14.3 Å². The Morgan fingerprint density at radius 2 is 2.09 bits per heavy atom. The minimum Gasteiger partial charge on any atom is -0.348 e. The number of carbonyl (C=O) groups excluding carboxylic acids is 1. The van der Waals surface area contributed by atoms with Crippen molar-refractivity contribution >= 4 is 5.91 Å². The van der Waals surface area contributed by atoms with Crippen LogP contribution >= 0.6 is 0 Å². The summed E-state index contributed by atoms with van der Waals surface area (Å²) in [5.41, 5.74) is 1.06. The topological polar surface area (TPSA) is 51.7 Å². The van der Waals surface area contributed by atoms with E-state index in [0.717, 1.165) is 31.2 Å². The summed E-state index contributed by atoms with van der Waals surface area (Å²) >= 11 is 0. The predicted molar refractivity (Wildman–Crippen MR) is 81.9 cm³/mol. The van der Waals surface area contributed by atoms with Gasteiger partial charge in [-0.1, -0.05) is 6.07 Å². The lowest BCUT2D eigenvalue weighted by atomic mass is 9.83. The van der Waals surface area contributed by atoms with Gasteiger partial charge in [0.1, 0.15) is 0 Å². The molecule has 0 bridgehead atoms. The first-order valence-corrected chi connectivity index (χ1v) is 8.08. The highest BCUT2D eigenvalue weighted by atomic mass is 16.7. The fourth-order valence-corrected chi connectivity index (χ4v) is 3.36. The molecular formula is C17H24N2O3. The lowest BCUT2D eigenvalue weighted by Gasteiger charge is -2.35. The van der Waals surface area contributed by atoms with Crippen LogP contribution < -0.4 is 0 Å². The highest BCUT2D eigenvalue weighted by molar-refractivity contribution is 5.76. The van der Waals surface area contributed by atoms with E-state index in [0.29, 0.717) is 32.1 Å². The zero-order valence-corrected chi connectivity index (χ0v) is 13.2. The van der Waals surface area contributed by atoms with E-state index in [1.165, 1.54) is 0 Å². The molecule has 2 aliphatic rings. The van der Waals surface area contributed by atoms with Crippen molar-refractivity contribution in [3.8, 4) is 0 Å². The van der Waals surface area contributed by atoms with Crippen LogP contribution in [0, 0.1) is 5.92 Å². The fraction of sp³-hybridized carbons (Fsp3) is 0.647. The van der Waals surface area contributed by atoms with Crippen LogP contribution in [0.1, 0.15) is 37.7 Å².